The fourth-order valence-electron chi connectivity index (χ4n) is 2.08. The fraction of sp³-hybridized carbons (Fsp3) is 0.455. The third-order valence-corrected chi connectivity index (χ3v) is 2.63. The lowest BCUT2D eigenvalue weighted by molar-refractivity contribution is 0.443. The first kappa shape index (κ1) is 11.5. The maximum atomic E-state index is 12.9. The summed E-state index contributed by atoms with van der Waals surface area (Å²) >= 11 is 0. The first-order valence-corrected chi connectivity index (χ1v) is 4.71. The van der Waals surface area contributed by atoms with Crippen LogP contribution in [0.2, 0.25) is 0 Å². The van der Waals surface area contributed by atoms with Crippen molar-refractivity contribution in [2.24, 2.45) is 0 Å². The van der Waals surface area contributed by atoms with E-state index in [1.54, 1.807) is 6.07 Å². The second kappa shape index (κ2) is 4.28. The summed E-state index contributed by atoms with van der Waals surface area (Å²) < 4.78 is 12.9. The first-order chi connectivity index (χ1) is 6.16. The van der Waals surface area contributed by atoms with Gasteiger partial charge in [-0.1, -0.05) is 6.07 Å². The van der Waals surface area contributed by atoms with Crippen molar-refractivity contribution in [1.29, 1.82) is 0 Å². The highest BCUT2D eigenvalue weighted by Crippen LogP contribution is 2.25. The molecule has 1 heterocycles. The Morgan fingerprint density at radius 2 is 2.07 bits per heavy atom. The molecule has 0 spiro atoms. The van der Waals surface area contributed by atoms with Crippen molar-refractivity contribution in [3.8, 4) is 0 Å². The lowest BCUT2D eigenvalue weighted by atomic mass is 9.91. The second-order valence-corrected chi connectivity index (χ2v) is 3.84. The molecule has 2 unspecified atom stereocenters. The van der Waals surface area contributed by atoms with Crippen LogP contribution in [0.4, 0.5) is 4.39 Å². The predicted molar refractivity (Wildman–Crippen MR) is 58.4 cm³/mol. The van der Waals surface area contributed by atoms with Crippen molar-refractivity contribution in [2.45, 2.75) is 32.4 Å². The molecular weight excluding hydrogens is 201 g/mol. The van der Waals surface area contributed by atoms with E-state index >= 15 is 0 Å². The topological polar surface area (TPSA) is 12.0 Å². The van der Waals surface area contributed by atoms with Crippen LogP contribution in [0.15, 0.2) is 18.2 Å². The van der Waals surface area contributed by atoms with Crippen LogP contribution in [0.3, 0.4) is 0 Å². The fourth-order valence-corrected chi connectivity index (χ4v) is 2.08. The van der Waals surface area contributed by atoms with Gasteiger partial charge in [-0.15, -0.1) is 12.4 Å². The van der Waals surface area contributed by atoms with Crippen LogP contribution in [-0.2, 0) is 6.42 Å². The third-order valence-electron chi connectivity index (χ3n) is 2.63. The molecule has 3 heteroatoms. The maximum absolute atomic E-state index is 12.9. The molecule has 14 heavy (non-hydrogen) atoms. The van der Waals surface area contributed by atoms with Crippen LogP contribution in [0.5, 0.6) is 0 Å². The van der Waals surface area contributed by atoms with E-state index in [1.807, 2.05) is 6.07 Å². The Kier molecular flexibility index (Phi) is 3.51. The summed E-state index contributed by atoms with van der Waals surface area (Å²) in [5.41, 5.74) is 2.39. The minimum atomic E-state index is -0.125. The van der Waals surface area contributed by atoms with Gasteiger partial charge in [-0.2, -0.15) is 0 Å². The van der Waals surface area contributed by atoms with Crippen molar-refractivity contribution >= 4 is 12.4 Å². The highest BCUT2D eigenvalue weighted by Gasteiger charge is 2.20. The lowest BCUT2D eigenvalue weighted by Gasteiger charge is -2.28. The Morgan fingerprint density at radius 3 is 2.79 bits per heavy atom. The standard InChI is InChI=1S/C11H14FN.ClH/c1-7-5-9-6-10(12)3-4-11(9)8(2)13-7;/h3-4,6-8,13H,5H2,1-2H3;1H. The van der Waals surface area contributed by atoms with Gasteiger partial charge in [0.1, 0.15) is 5.82 Å². The monoisotopic (exact) mass is 215 g/mol. The summed E-state index contributed by atoms with van der Waals surface area (Å²) in [5.74, 6) is -0.125. The normalized spacial score (nSPS) is 25.1. The van der Waals surface area contributed by atoms with E-state index in [0.717, 1.165) is 12.0 Å². The zero-order valence-electron chi connectivity index (χ0n) is 8.38. The van der Waals surface area contributed by atoms with Crippen molar-refractivity contribution in [2.75, 3.05) is 0 Å². The molecule has 0 bridgehead atoms. The van der Waals surface area contributed by atoms with Crippen LogP contribution >= 0.6 is 12.4 Å². The number of halogens is 2. The van der Waals surface area contributed by atoms with Crippen LogP contribution < -0.4 is 5.32 Å². The number of fused-ring (bicyclic) bond motifs is 1. The number of nitrogens with one attached hydrogen (secondary N) is 1. The van der Waals surface area contributed by atoms with Gasteiger partial charge in [-0.3, -0.25) is 0 Å². The van der Waals surface area contributed by atoms with Crippen molar-refractivity contribution < 1.29 is 4.39 Å². The van der Waals surface area contributed by atoms with E-state index in [-0.39, 0.29) is 18.2 Å². The Hall–Kier alpha value is -0.600. The molecule has 0 aliphatic carbocycles. The van der Waals surface area contributed by atoms with E-state index in [9.17, 15) is 4.39 Å². The average Bonchev–Trinajstić information content (AvgIpc) is 2.02. The van der Waals surface area contributed by atoms with Crippen molar-refractivity contribution in [3.05, 3.63) is 35.1 Å². The van der Waals surface area contributed by atoms with Gasteiger partial charge in [-0.25, -0.2) is 4.39 Å². The summed E-state index contributed by atoms with van der Waals surface area (Å²) in [7, 11) is 0. The van der Waals surface area contributed by atoms with Crippen molar-refractivity contribution in [1.82, 2.24) is 5.32 Å². The van der Waals surface area contributed by atoms with Crippen LogP contribution in [-0.4, -0.2) is 6.04 Å². The Bertz CT molecular complexity index is 327. The van der Waals surface area contributed by atoms with Gasteiger partial charge < -0.3 is 5.32 Å². The number of hydrogen-bond acceptors (Lipinski definition) is 1. The van der Waals surface area contributed by atoms with E-state index in [2.05, 4.69) is 19.2 Å². The maximum Gasteiger partial charge on any atom is 0.123 e. The molecule has 0 saturated heterocycles. The molecule has 78 valence electrons. The molecule has 0 aromatic heterocycles. The molecule has 2 rings (SSSR count). The molecule has 1 nitrogen and oxygen atoms in total. The van der Waals surface area contributed by atoms with E-state index in [0.29, 0.717) is 12.1 Å². The number of benzene rings is 1. The van der Waals surface area contributed by atoms with Gasteiger partial charge in [-0.05, 0) is 43.5 Å². The molecule has 0 fully saturated rings. The summed E-state index contributed by atoms with van der Waals surface area (Å²) in [6.07, 6.45) is 0.928. The molecule has 1 N–H and O–H groups in total. The minimum Gasteiger partial charge on any atom is -0.307 e. The molecule has 2 atom stereocenters. The van der Waals surface area contributed by atoms with Gasteiger partial charge in [0.25, 0.3) is 0 Å². The van der Waals surface area contributed by atoms with Gasteiger partial charge in [0.15, 0.2) is 0 Å². The van der Waals surface area contributed by atoms with Gasteiger partial charge in [0.2, 0.25) is 0 Å². The van der Waals surface area contributed by atoms with E-state index < -0.39 is 0 Å². The number of rotatable bonds is 0. The molecular formula is C11H15ClFN. The minimum absolute atomic E-state index is 0. The molecule has 0 saturated carbocycles. The zero-order chi connectivity index (χ0) is 9.42. The molecule has 1 aromatic rings. The quantitative estimate of drug-likeness (QED) is 0.702. The predicted octanol–water partition coefficient (Wildman–Crippen LogP) is 2.84. The molecule has 1 aromatic carbocycles. The van der Waals surface area contributed by atoms with Gasteiger partial charge in [0, 0.05) is 12.1 Å². The van der Waals surface area contributed by atoms with Crippen LogP contribution in [0.25, 0.3) is 0 Å². The number of hydrogen-bond donors (Lipinski definition) is 1. The summed E-state index contributed by atoms with van der Waals surface area (Å²) in [6.45, 7) is 4.25. The largest absolute Gasteiger partial charge is 0.307 e. The Labute approximate surface area is 90.1 Å². The van der Waals surface area contributed by atoms with Crippen LogP contribution in [0.1, 0.15) is 31.0 Å². The van der Waals surface area contributed by atoms with E-state index in [4.69, 9.17) is 0 Å². The smallest absolute Gasteiger partial charge is 0.123 e. The van der Waals surface area contributed by atoms with Gasteiger partial charge >= 0.3 is 0 Å². The third kappa shape index (κ3) is 2.07. The zero-order valence-corrected chi connectivity index (χ0v) is 9.20. The Morgan fingerprint density at radius 1 is 1.36 bits per heavy atom. The highest BCUT2D eigenvalue weighted by atomic mass is 35.5. The second-order valence-electron chi connectivity index (χ2n) is 3.84. The highest BCUT2D eigenvalue weighted by molar-refractivity contribution is 5.85. The Balaban J connectivity index is 0.000000980. The summed E-state index contributed by atoms with van der Waals surface area (Å²) in [4.78, 5) is 0. The first-order valence-electron chi connectivity index (χ1n) is 4.71. The SMILES string of the molecule is CC1Cc2cc(F)ccc2C(C)N1.Cl. The van der Waals surface area contributed by atoms with Gasteiger partial charge in [0.05, 0.1) is 0 Å². The van der Waals surface area contributed by atoms with Crippen LogP contribution in [0, 0.1) is 5.82 Å². The lowest BCUT2D eigenvalue weighted by Crippen LogP contribution is -2.35. The molecule has 1 aliphatic rings. The summed E-state index contributed by atoms with van der Waals surface area (Å²) in [6, 6.07) is 5.87. The van der Waals surface area contributed by atoms with Crippen molar-refractivity contribution in [3.63, 3.8) is 0 Å². The van der Waals surface area contributed by atoms with E-state index in [1.165, 1.54) is 11.6 Å². The molecule has 1 aliphatic heterocycles. The molecule has 0 amide bonds. The average molecular weight is 216 g/mol. The molecule has 0 radical (unpaired) electrons. The summed E-state index contributed by atoms with van der Waals surface area (Å²) in [5, 5.41) is 3.43.